The standard InChI is InChI=1S/C9H7Cl2/c10-8-3-7(6-1-2-6)4-9(11)5-8/h3,5-6H,1-2H2. The Morgan fingerprint density at radius 3 is 2.55 bits per heavy atom. The fraction of sp³-hybridized carbons (Fsp3) is 0.333. The zero-order chi connectivity index (χ0) is 7.84. The number of halogens is 2. The summed E-state index contributed by atoms with van der Waals surface area (Å²) in [4.78, 5) is 0. The van der Waals surface area contributed by atoms with Gasteiger partial charge in [-0.25, -0.2) is 0 Å². The van der Waals surface area contributed by atoms with Crippen molar-refractivity contribution >= 4 is 23.2 Å². The molecule has 0 nitrogen and oxygen atoms in total. The normalized spacial score (nSPS) is 16.9. The number of hydrogen-bond acceptors (Lipinski definition) is 0. The molecule has 1 aliphatic rings. The van der Waals surface area contributed by atoms with Gasteiger partial charge in [-0.1, -0.05) is 23.2 Å². The molecule has 1 aromatic carbocycles. The van der Waals surface area contributed by atoms with Gasteiger partial charge in [-0.15, -0.1) is 0 Å². The Hall–Kier alpha value is -0.200. The minimum atomic E-state index is 0.624. The maximum Gasteiger partial charge on any atom is 0.0502 e. The summed E-state index contributed by atoms with van der Waals surface area (Å²) >= 11 is 11.6. The summed E-state index contributed by atoms with van der Waals surface area (Å²) in [5.41, 5.74) is 1.17. The van der Waals surface area contributed by atoms with Crippen LogP contribution >= 0.6 is 23.2 Å². The first-order valence-corrected chi connectivity index (χ1v) is 4.39. The van der Waals surface area contributed by atoms with E-state index in [1.165, 1.54) is 18.4 Å². The van der Waals surface area contributed by atoms with Crippen LogP contribution in [-0.2, 0) is 0 Å². The second-order valence-electron chi connectivity index (χ2n) is 2.88. The molecule has 0 amide bonds. The van der Waals surface area contributed by atoms with E-state index in [-0.39, 0.29) is 0 Å². The van der Waals surface area contributed by atoms with E-state index in [4.69, 9.17) is 23.2 Å². The van der Waals surface area contributed by atoms with Gasteiger partial charge in [-0.2, -0.15) is 0 Å². The van der Waals surface area contributed by atoms with Gasteiger partial charge < -0.3 is 0 Å². The Bertz CT molecular complexity index is 257. The summed E-state index contributed by atoms with van der Waals surface area (Å²) in [6.07, 6.45) is 2.51. The minimum absolute atomic E-state index is 0.624. The highest BCUT2D eigenvalue weighted by Gasteiger charge is 2.24. The molecule has 0 saturated heterocycles. The van der Waals surface area contributed by atoms with Crippen molar-refractivity contribution in [3.63, 3.8) is 0 Å². The molecule has 0 atom stereocenters. The van der Waals surface area contributed by atoms with Crippen molar-refractivity contribution in [1.82, 2.24) is 0 Å². The maximum absolute atomic E-state index is 5.82. The van der Waals surface area contributed by atoms with Crippen LogP contribution in [0.4, 0.5) is 0 Å². The lowest BCUT2D eigenvalue weighted by atomic mass is 10.1. The van der Waals surface area contributed by atoms with E-state index in [0.29, 0.717) is 10.9 Å². The molecule has 0 spiro atoms. The third-order valence-corrected chi connectivity index (χ3v) is 2.26. The quantitative estimate of drug-likeness (QED) is 0.627. The molecule has 1 fully saturated rings. The van der Waals surface area contributed by atoms with Crippen molar-refractivity contribution in [2.24, 2.45) is 0 Å². The van der Waals surface area contributed by atoms with Gasteiger partial charge >= 0.3 is 0 Å². The fourth-order valence-electron chi connectivity index (χ4n) is 1.14. The number of rotatable bonds is 1. The monoisotopic (exact) mass is 185 g/mol. The highest BCUT2D eigenvalue weighted by Crippen LogP contribution is 2.41. The molecule has 0 unspecified atom stereocenters. The molecular weight excluding hydrogens is 179 g/mol. The van der Waals surface area contributed by atoms with Crippen LogP contribution in [0.15, 0.2) is 12.1 Å². The topological polar surface area (TPSA) is 0 Å². The van der Waals surface area contributed by atoms with Crippen LogP contribution in [0.3, 0.4) is 0 Å². The van der Waals surface area contributed by atoms with Crippen molar-refractivity contribution in [1.29, 1.82) is 0 Å². The molecule has 0 N–H and O–H groups in total. The first kappa shape index (κ1) is 7.45. The van der Waals surface area contributed by atoms with E-state index in [0.717, 1.165) is 5.02 Å². The van der Waals surface area contributed by atoms with Crippen LogP contribution in [0.25, 0.3) is 0 Å². The largest absolute Gasteiger partial charge is 0.0843 e. The van der Waals surface area contributed by atoms with Gasteiger partial charge in [0.1, 0.15) is 0 Å². The van der Waals surface area contributed by atoms with Crippen molar-refractivity contribution in [3.8, 4) is 0 Å². The summed E-state index contributed by atoms with van der Waals surface area (Å²) in [5, 5.41) is 1.34. The van der Waals surface area contributed by atoms with Gasteiger partial charge in [0.15, 0.2) is 0 Å². The summed E-state index contributed by atoms with van der Waals surface area (Å²) < 4.78 is 0. The highest BCUT2D eigenvalue weighted by atomic mass is 35.5. The van der Waals surface area contributed by atoms with E-state index in [9.17, 15) is 0 Å². The number of benzene rings is 1. The summed E-state index contributed by atoms with van der Waals surface area (Å²) in [6, 6.07) is 6.76. The second-order valence-corrected chi connectivity index (χ2v) is 3.72. The van der Waals surface area contributed by atoms with E-state index in [1.54, 1.807) is 6.07 Å². The van der Waals surface area contributed by atoms with Gasteiger partial charge in [0.2, 0.25) is 0 Å². The van der Waals surface area contributed by atoms with E-state index in [2.05, 4.69) is 6.07 Å². The van der Waals surface area contributed by atoms with E-state index >= 15 is 0 Å². The number of hydrogen-bond donors (Lipinski definition) is 0. The average Bonchev–Trinajstić information content (AvgIpc) is 2.64. The molecule has 0 heterocycles. The highest BCUT2D eigenvalue weighted by molar-refractivity contribution is 6.34. The van der Waals surface area contributed by atoms with Gasteiger partial charge in [0.25, 0.3) is 0 Å². The summed E-state index contributed by atoms with van der Waals surface area (Å²) in [5.74, 6) is 0.672. The molecule has 2 rings (SSSR count). The molecule has 1 aromatic rings. The smallest absolute Gasteiger partial charge is 0.0502 e. The SMILES string of the molecule is Clc1[c]c(C2CC2)cc(Cl)c1. The predicted molar refractivity (Wildman–Crippen MR) is 47.3 cm³/mol. The van der Waals surface area contributed by atoms with Gasteiger partial charge in [0, 0.05) is 11.1 Å². The molecule has 1 aliphatic carbocycles. The van der Waals surface area contributed by atoms with E-state index < -0.39 is 0 Å². The first-order valence-electron chi connectivity index (χ1n) is 3.64. The van der Waals surface area contributed by atoms with Crippen LogP contribution in [0.5, 0.6) is 0 Å². The molecule has 0 aliphatic heterocycles. The van der Waals surface area contributed by atoms with Crippen LogP contribution < -0.4 is 0 Å². The Morgan fingerprint density at radius 1 is 1.27 bits per heavy atom. The molecule has 1 saturated carbocycles. The van der Waals surface area contributed by atoms with Crippen molar-refractivity contribution in [2.45, 2.75) is 18.8 Å². The minimum Gasteiger partial charge on any atom is -0.0843 e. The molecule has 11 heavy (non-hydrogen) atoms. The Labute approximate surface area is 76.1 Å². The van der Waals surface area contributed by atoms with E-state index in [1.807, 2.05) is 6.07 Å². The lowest BCUT2D eigenvalue weighted by Crippen LogP contribution is -1.79. The molecule has 0 bridgehead atoms. The first-order chi connectivity index (χ1) is 5.25. The zero-order valence-corrected chi connectivity index (χ0v) is 7.41. The third kappa shape index (κ3) is 1.69. The molecule has 2 heteroatoms. The lowest BCUT2D eigenvalue weighted by Gasteiger charge is -1.98. The molecule has 1 radical (unpaired) electrons. The molecule has 57 valence electrons. The van der Waals surface area contributed by atoms with Crippen molar-refractivity contribution < 1.29 is 0 Å². The van der Waals surface area contributed by atoms with Crippen LogP contribution in [-0.4, -0.2) is 0 Å². The summed E-state index contributed by atoms with van der Waals surface area (Å²) in [6.45, 7) is 0. The zero-order valence-electron chi connectivity index (χ0n) is 5.90. The Kier molecular flexibility index (Phi) is 1.82. The van der Waals surface area contributed by atoms with Gasteiger partial charge in [-0.05, 0) is 36.5 Å². The van der Waals surface area contributed by atoms with Gasteiger partial charge in [0.05, 0.1) is 5.02 Å². The van der Waals surface area contributed by atoms with Gasteiger partial charge in [-0.3, -0.25) is 0 Å². The van der Waals surface area contributed by atoms with Crippen molar-refractivity contribution in [2.75, 3.05) is 0 Å². The molecule has 0 aromatic heterocycles. The van der Waals surface area contributed by atoms with Crippen LogP contribution in [0, 0.1) is 6.07 Å². The predicted octanol–water partition coefficient (Wildman–Crippen LogP) is 3.67. The Balaban J connectivity index is 2.39. The van der Waals surface area contributed by atoms with Crippen LogP contribution in [0.2, 0.25) is 10.0 Å². The fourth-order valence-corrected chi connectivity index (χ4v) is 1.64. The average molecular weight is 186 g/mol. The maximum atomic E-state index is 5.82. The lowest BCUT2D eigenvalue weighted by molar-refractivity contribution is 1.13. The summed E-state index contributed by atoms with van der Waals surface area (Å²) in [7, 11) is 0. The second kappa shape index (κ2) is 2.69. The molecular formula is C9H7Cl2. The third-order valence-electron chi connectivity index (χ3n) is 1.84. The Morgan fingerprint density at radius 2 is 2.00 bits per heavy atom. The van der Waals surface area contributed by atoms with Crippen molar-refractivity contribution in [3.05, 3.63) is 33.8 Å². The van der Waals surface area contributed by atoms with Crippen LogP contribution in [0.1, 0.15) is 24.3 Å².